The fourth-order valence-electron chi connectivity index (χ4n) is 2.72. The van der Waals surface area contributed by atoms with Gasteiger partial charge in [-0.3, -0.25) is 0 Å². The zero-order valence-corrected chi connectivity index (χ0v) is 12.7. The quantitative estimate of drug-likeness (QED) is 0.845. The smallest absolute Gasteiger partial charge is 0.410 e. The molecule has 1 fully saturated rings. The summed E-state index contributed by atoms with van der Waals surface area (Å²) in [6.45, 7) is 11.9. The van der Waals surface area contributed by atoms with Gasteiger partial charge in [-0.05, 0) is 39.5 Å². The van der Waals surface area contributed by atoms with Gasteiger partial charge in [0.05, 0.1) is 6.61 Å². The number of amides is 1. The minimum absolute atomic E-state index is 0.0349. The summed E-state index contributed by atoms with van der Waals surface area (Å²) in [6.07, 6.45) is 0.607. The fourth-order valence-corrected chi connectivity index (χ4v) is 2.72. The van der Waals surface area contributed by atoms with Crippen LogP contribution in [0.5, 0.6) is 0 Å². The molecule has 4 heteroatoms. The second-order valence-electron chi connectivity index (χ2n) is 7.14. The Kier molecular flexibility index (Phi) is 3.74. The summed E-state index contributed by atoms with van der Waals surface area (Å²) >= 11 is 0. The first-order valence-corrected chi connectivity index (χ1v) is 6.53. The average molecular weight is 257 g/mol. The molecule has 0 spiro atoms. The number of rotatable bonds is 3. The maximum Gasteiger partial charge on any atom is 0.410 e. The van der Waals surface area contributed by atoms with Crippen LogP contribution in [0.4, 0.5) is 4.79 Å². The fraction of sp³-hybridized carbons (Fsp3) is 0.929. The lowest BCUT2D eigenvalue weighted by Crippen LogP contribution is -2.46. The van der Waals surface area contributed by atoms with E-state index >= 15 is 0 Å². The molecule has 1 N–H and O–H groups in total. The van der Waals surface area contributed by atoms with Gasteiger partial charge < -0.3 is 14.7 Å². The molecular formula is C14H27NO3. The second kappa shape index (κ2) is 4.41. The van der Waals surface area contributed by atoms with Crippen molar-refractivity contribution in [1.82, 2.24) is 4.90 Å². The molecule has 0 aromatic heterocycles. The molecule has 0 saturated heterocycles. The van der Waals surface area contributed by atoms with Crippen molar-refractivity contribution in [2.75, 3.05) is 13.7 Å². The van der Waals surface area contributed by atoms with E-state index in [1.807, 2.05) is 27.7 Å². The molecule has 0 aliphatic heterocycles. The number of aliphatic hydroxyl groups is 1. The molecule has 1 rings (SSSR count). The van der Waals surface area contributed by atoms with E-state index in [9.17, 15) is 9.90 Å². The first-order chi connectivity index (χ1) is 7.97. The molecule has 0 aromatic carbocycles. The molecule has 0 bridgehead atoms. The highest BCUT2D eigenvalue weighted by Crippen LogP contribution is 2.65. The molecular weight excluding hydrogens is 230 g/mol. The molecule has 0 aromatic rings. The summed E-state index contributed by atoms with van der Waals surface area (Å²) in [5.41, 5.74) is -0.605. The Morgan fingerprint density at radius 3 is 2.17 bits per heavy atom. The van der Waals surface area contributed by atoms with Gasteiger partial charge in [0.15, 0.2) is 0 Å². The van der Waals surface area contributed by atoms with E-state index in [2.05, 4.69) is 13.8 Å². The van der Waals surface area contributed by atoms with Crippen molar-refractivity contribution >= 4 is 6.09 Å². The van der Waals surface area contributed by atoms with E-state index in [0.29, 0.717) is 0 Å². The zero-order valence-electron chi connectivity index (χ0n) is 12.7. The van der Waals surface area contributed by atoms with Crippen LogP contribution in [0.15, 0.2) is 0 Å². The Hall–Kier alpha value is -0.770. The van der Waals surface area contributed by atoms with Gasteiger partial charge in [0.2, 0.25) is 0 Å². The molecule has 2 atom stereocenters. The second-order valence-corrected chi connectivity index (χ2v) is 7.14. The van der Waals surface area contributed by atoms with Crippen molar-refractivity contribution in [3.8, 4) is 0 Å². The Morgan fingerprint density at radius 1 is 1.44 bits per heavy atom. The number of hydrogen-bond acceptors (Lipinski definition) is 3. The number of aliphatic hydroxyl groups excluding tert-OH is 1. The van der Waals surface area contributed by atoms with Crippen LogP contribution in [0.2, 0.25) is 0 Å². The number of carbonyl (C=O) groups is 1. The molecule has 1 amide bonds. The third-order valence-corrected chi connectivity index (χ3v) is 4.32. The lowest BCUT2D eigenvalue weighted by atomic mass is 9.89. The Bertz CT molecular complexity index is 332. The number of hydrogen-bond donors (Lipinski definition) is 1. The van der Waals surface area contributed by atoms with Gasteiger partial charge in [-0.2, -0.15) is 0 Å². The normalized spacial score (nSPS) is 27.6. The van der Waals surface area contributed by atoms with E-state index < -0.39 is 5.60 Å². The minimum Gasteiger partial charge on any atom is -0.444 e. The van der Waals surface area contributed by atoms with Crippen LogP contribution in [0.1, 0.15) is 48.0 Å². The number of carbonyl (C=O) groups excluding carboxylic acids is 1. The van der Waals surface area contributed by atoms with Crippen LogP contribution in [0, 0.1) is 10.8 Å². The monoisotopic (exact) mass is 257 g/mol. The maximum absolute atomic E-state index is 12.0. The van der Waals surface area contributed by atoms with Crippen LogP contribution in [0.3, 0.4) is 0 Å². The van der Waals surface area contributed by atoms with E-state index in [-0.39, 0.29) is 29.6 Å². The predicted octanol–water partition coefficient (Wildman–Crippen LogP) is 2.65. The third-order valence-electron chi connectivity index (χ3n) is 4.32. The van der Waals surface area contributed by atoms with Crippen molar-refractivity contribution in [2.24, 2.45) is 10.8 Å². The molecule has 0 heterocycles. The summed E-state index contributed by atoms with van der Waals surface area (Å²) in [4.78, 5) is 13.6. The highest BCUT2D eigenvalue weighted by molar-refractivity contribution is 5.68. The predicted molar refractivity (Wildman–Crippen MR) is 71.4 cm³/mol. The van der Waals surface area contributed by atoms with Gasteiger partial charge >= 0.3 is 6.09 Å². The highest BCUT2D eigenvalue weighted by atomic mass is 16.6. The first-order valence-electron chi connectivity index (χ1n) is 6.53. The van der Waals surface area contributed by atoms with Crippen molar-refractivity contribution in [3.63, 3.8) is 0 Å². The first kappa shape index (κ1) is 15.3. The van der Waals surface area contributed by atoms with Crippen molar-refractivity contribution in [3.05, 3.63) is 0 Å². The molecule has 1 saturated carbocycles. The molecule has 0 radical (unpaired) electrons. The highest BCUT2D eigenvalue weighted by Gasteiger charge is 2.64. The molecule has 1 aliphatic carbocycles. The van der Waals surface area contributed by atoms with E-state index in [1.165, 1.54) is 0 Å². The Labute approximate surface area is 110 Å². The third kappa shape index (κ3) is 2.63. The largest absolute Gasteiger partial charge is 0.444 e. The lowest BCUT2D eigenvalue weighted by Gasteiger charge is -2.34. The lowest BCUT2D eigenvalue weighted by molar-refractivity contribution is 0.00797. The van der Waals surface area contributed by atoms with Gasteiger partial charge in [0.25, 0.3) is 0 Å². The van der Waals surface area contributed by atoms with Gasteiger partial charge in [-0.25, -0.2) is 4.79 Å². The Morgan fingerprint density at radius 2 is 1.89 bits per heavy atom. The molecule has 18 heavy (non-hydrogen) atoms. The van der Waals surface area contributed by atoms with Crippen LogP contribution >= 0.6 is 0 Å². The average Bonchev–Trinajstić information content (AvgIpc) is 2.77. The minimum atomic E-state index is -0.490. The summed E-state index contributed by atoms with van der Waals surface area (Å²) in [7, 11) is 1.74. The number of nitrogens with zero attached hydrogens (tertiary/aromatic N) is 1. The van der Waals surface area contributed by atoms with Crippen molar-refractivity contribution in [1.29, 1.82) is 0 Å². The SMILES string of the molecule is CC(N(C)C(=O)OC(C)(C)C)C1(CO)CC1(C)C. The van der Waals surface area contributed by atoms with E-state index in [4.69, 9.17) is 4.74 Å². The van der Waals surface area contributed by atoms with Crippen molar-refractivity contribution in [2.45, 2.75) is 59.6 Å². The summed E-state index contributed by atoms with van der Waals surface area (Å²) < 4.78 is 5.36. The molecule has 4 nitrogen and oxygen atoms in total. The van der Waals surface area contributed by atoms with Crippen LogP contribution in [0.25, 0.3) is 0 Å². The molecule has 2 unspecified atom stereocenters. The standard InChI is InChI=1S/C14H27NO3/c1-10(14(9-16)8-13(14,5)6)15(7)11(17)18-12(2,3)4/h10,16H,8-9H2,1-7H3. The summed E-state index contributed by atoms with van der Waals surface area (Å²) in [5.74, 6) is 0. The van der Waals surface area contributed by atoms with Gasteiger partial charge in [-0.15, -0.1) is 0 Å². The maximum atomic E-state index is 12.0. The van der Waals surface area contributed by atoms with E-state index in [1.54, 1.807) is 11.9 Å². The molecule has 106 valence electrons. The van der Waals surface area contributed by atoms with E-state index in [0.717, 1.165) is 6.42 Å². The Balaban J connectivity index is 2.73. The van der Waals surface area contributed by atoms with Crippen LogP contribution < -0.4 is 0 Å². The zero-order chi connectivity index (χ0) is 14.4. The van der Waals surface area contributed by atoms with Crippen LogP contribution in [-0.2, 0) is 4.74 Å². The molecule has 1 aliphatic rings. The summed E-state index contributed by atoms with van der Waals surface area (Å²) in [6, 6.07) is -0.0349. The van der Waals surface area contributed by atoms with Gasteiger partial charge in [0.1, 0.15) is 5.60 Å². The van der Waals surface area contributed by atoms with Gasteiger partial charge in [0, 0.05) is 18.5 Å². The summed E-state index contributed by atoms with van der Waals surface area (Å²) in [5, 5.41) is 9.65. The van der Waals surface area contributed by atoms with Gasteiger partial charge in [-0.1, -0.05) is 13.8 Å². The number of ether oxygens (including phenoxy) is 1. The van der Waals surface area contributed by atoms with Crippen molar-refractivity contribution < 1.29 is 14.6 Å². The topological polar surface area (TPSA) is 49.8 Å². The van der Waals surface area contributed by atoms with Crippen LogP contribution in [-0.4, -0.2) is 41.4 Å².